The SMILES string of the molecule is COc1ccc(/C=C(\C#N)C(=O)Nc2c(Cl)cccc2Cl)cc1OCc1ccc(Cl)cc1Cl. The second-order valence-electron chi connectivity index (χ2n) is 6.66. The number of para-hydroxylation sites is 1. The third-order valence-electron chi connectivity index (χ3n) is 4.46. The molecular formula is C24H16Cl4N2O3. The van der Waals surface area contributed by atoms with E-state index in [4.69, 9.17) is 55.9 Å². The van der Waals surface area contributed by atoms with E-state index in [-0.39, 0.29) is 27.9 Å². The lowest BCUT2D eigenvalue weighted by Gasteiger charge is -2.13. The molecule has 0 fully saturated rings. The number of nitrogens with zero attached hydrogens (tertiary/aromatic N) is 1. The van der Waals surface area contributed by atoms with Gasteiger partial charge in [0.2, 0.25) is 0 Å². The number of halogens is 4. The van der Waals surface area contributed by atoms with Crippen LogP contribution in [0.1, 0.15) is 11.1 Å². The fourth-order valence-corrected chi connectivity index (χ4v) is 3.76. The van der Waals surface area contributed by atoms with Crippen molar-refractivity contribution >= 4 is 64.1 Å². The van der Waals surface area contributed by atoms with E-state index in [9.17, 15) is 10.1 Å². The second-order valence-corrected chi connectivity index (χ2v) is 8.31. The van der Waals surface area contributed by atoms with Gasteiger partial charge in [-0.3, -0.25) is 4.79 Å². The van der Waals surface area contributed by atoms with Crippen molar-refractivity contribution in [2.45, 2.75) is 6.61 Å². The third-order valence-corrected chi connectivity index (χ3v) is 5.68. The molecule has 33 heavy (non-hydrogen) atoms. The molecule has 0 aromatic heterocycles. The Morgan fingerprint density at radius 2 is 1.73 bits per heavy atom. The van der Waals surface area contributed by atoms with Crippen LogP contribution in [0.4, 0.5) is 5.69 Å². The van der Waals surface area contributed by atoms with Crippen LogP contribution in [-0.4, -0.2) is 13.0 Å². The molecule has 9 heteroatoms. The number of nitriles is 1. The molecule has 0 spiro atoms. The molecule has 168 valence electrons. The van der Waals surface area contributed by atoms with Crippen LogP contribution >= 0.6 is 46.4 Å². The Morgan fingerprint density at radius 1 is 1.00 bits per heavy atom. The summed E-state index contributed by atoms with van der Waals surface area (Å²) in [4.78, 5) is 12.6. The number of ether oxygens (including phenoxy) is 2. The summed E-state index contributed by atoms with van der Waals surface area (Å²) in [6, 6.07) is 16.8. The first kappa shape index (κ1) is 24.8. The van der Waals surface area contributed by atoms with E-state index in [1.807, 2.05) is 6.07 Å². The topological polar surface area (TPSA) is 71.3 Å². The molecule has 0 saturated heterocycles. The predicted octanol–water partition coefficient (Wildman–Crippen LogP) is 7.43. The van der Waals surface area contributed by atoms with Gasteiger partial charge in [-0.2, -0.15) is 5.26 Å². The highest BCUT2D eigenvalue weighted by Gasteiger charge is 2.15. The summed E-state index contributed by atoms with van der Waals surface area (Å²) in [6.45, 7) is 0.163. The van der Waals surface area contributed by atoms with E-state index in [1.165, 1.54) is 13.2 Å². The third kappa shape index (κ3) is 6.34. The van der Waals surface area contributed by atoms with Crippen LogP contribution < -0.4 is 14.8 Å². The summed E-state index contributed by atoms with van der Waals surface area (Å²) < 4.78 is 11.2. The molecule has 0 bridgehead atoms. The molecule has 1 amide bonds. The van der Waals surface area contributed by atoms with Crippen LogP contribution in [0.15, 0.2) is 60.2 Å². The number of amides is 1. The Balaban J connectivity index is 1.84. The summed E-state index contributed by atoms with van der Waals surface area (Å²) in [5.74, 6) is 0.228. The minimum Gasteiger partial charge on any atom is -0.493 e. The molecule has 0 aliphatic heterocycles. The zero-order chi connectivity index (χ0) is 24.0. The number of carbonyl (C=O) groups excluding carboxylic acids is 1. The average Bonchev–Trinajstić information content (AvgIpc) is 2.79. The van der Waals surface area contributed by atoms with Gasteiger partial charge >= 0.3 is 0 Å². The van der Waals surface area contributed by atoms with Gasteiger partial charge in [0.25, 0.3) is 5.91 Å². The molecule has 0 heterocycles. The van der Waals surface area contributed by atoms with Gasteiger partial charge in [0.15, 0.2) is 11.5 Å². The van der Waals surface area contributed by atoms with Gasteiger partial charge in [0.1, 0.15) is 18.2 Å². The zero-order valence-electron chi connectivity index (χ0n) is 17.2. The molecule has 0 saturated carbocycles. The van der Waals surface area contributed by atoms with E-state index in [2.05, 4.69) is 5.32 Å². The molecule has 3 aromatic rings. The normalized spacial score (nSPS) is 11.0. The first-order valence-corrected chi connectivity index (χ1v) is 11.0. The van der Waals surface area contributed by atoms with Crippen molar-refractivity contribution in [1.82, 2.24) is 0 Å². The van der Waals surface area contributed by atoms with Crippen molar-refractivity contribution in [3.63, 3.8) is 0 Å². The maximum Gasteiger partial charge on any atom is 0.266 e. The van der Waals surface area contributed by atoms with Crippen molar-refractivity contribution in [3.8, 4) is 17.6 Å². The smallest absolute Gasteiger partial charge is 0.266 e. The number of carbonyl (C=O) groups is 1. The van der Waals surface area contributed by atoms with E-state index >= 15 is 0 Å². The van der Waals surface area contributed by atoms with Crippen molar-refractivity contribution in [2.24, 2.45) is 0 Å². The largest absolute Gasteiger partial charge is 0.493 e. The molecule has 0 unspecified atom stereocenters. The monoisotopic (exact) mass is 520 g/mol. The highest BCUT2D eigenvalue weighted by molar-refractivity contribution is 6.40. The summed E-state index contributed by atoms with van der Waals surface area (Å²) in [5, 5.41) is 13.6. The fraction of sp³-hybridized carbons (Fsp3) is 0.0833. The van der Waals surface area contributed by atoms with E-state index in [0.29, 0.717) is 27.1 Å². The minimum absolute atomic E-state index is 0.150. The van der Waals surface area contributed by atoms with E-state index < -0.39 is 5.91 Å². The number of rotatable bonds is 7. The number of hydrogen-bond donors (Lipinski definition) is 1. The Hall–Kier alpha value is -2.88. The van der Waals surface area contributed by atoms with Gasteiger partial charge in [0, 0.05) is 15.6 Å². The average molecular weight is 522 g/mol. The number of anilines is 1. The van der Waals surface area contributed by atoms with Crippen LogP contribution in [0.2, 0.25) is 20.1 Å². The molecule has 5 nitrogen and oxygen atoms in total. The number of benzene rings is 3. The molecule has 0 aliphatic carbocycles. The Bertz CT molecular complexity index is 1250. The van der Waals surface area contributed by atoms with Crippen molar-refractivity contribution in [3.05, 3.63) is 91.4 Å². The molecule has 0 radical (unpaired) electrons. The first-order valence-electron chi connectivity index (χ1n) is 9.44. The predicted molar refractivity (Wildman–Crippen MR) is 132 cm³/mol. The number of hydrogen-bond acceptors (Lipinski definition) is 4. The standard InChI is InChI=1S/C24H16Cl4N2O3/c1-32-21-8-5-14(10-22(21)33-13-15-6-7-17(25)11-20(15)28)9-16(12-29)24(31)30-23-18(26)3-2-4-19(23)27/h2-11H,13H2,1H3,(H,30,31)/b16-9+. The number of methoxy groups -OCH3 is 1. The van der Waals surface area contributed by atoms with Crippen LogP contribution in [0.3, 0.4) is 0 Å². The molecule has 1 N–H and O–H groups in total. The maximum absolute atomic E-state index is 12.6. The first-order chi connectivity index (χ1) is 15.8. The summed E-state index contributed by atoms with van der Waals surface area (Å²) in [6.07, 6.45) is 1.42. The van der Waals surface area contributed by atoms with Crippen LogP contribution in [0, 0.1) is 11.3 Å². The molecule has 3 rings (SSSR count). The second kappa shape index (κ2) is 11.3. The minimum atomic E-state index is -0.654. The van der Waals surface area contributed by atoms with Crippen LogP contribution in [-0.2, 0) is 11.4 Å². The lowest BCUT2D eigenvalue weighted by Crippen LogP contribution is -2.14. The van der Waals surface area contributed by atoms with Crippen molar-refractivity contribution in [2.75, 3.05) is 12.4 Å². The van der Waals surface area contributed by atoms with Gasteiger partial charge in [-0.1, -0.05) is 64.6 Å². The van der Waals surface area contributed by atoms with Gasteiger partial charge in [-0.15, -0.1) is 0 Å². The fourth-order valence-electron chi connectivity index (χ4n) is 2.80. The number of nitrogens with one attached hydrogen (secondary N) is 1. The quantitative estimate of drug-likeness (QED) is 0.259. The van der Waals surface area contributed by atoms with Gasteiger partial charge in [-0.05, 0) is 48.0 Å². The summed E-state index contributed by atoms with van der Waals surface area (Å²) >= 11 is 24.3. The highest BCUT2D eigenvalue weighted by Crippen LogP contribution is 2.32. The van der Waals surface area contributed by atoms with Crippen LogP contribution in [0.5, 0.6) is 11.5 Å². The summed E-state index contributed by atoms with van der Waals surface area (Å²) in [5.41, 5.74) is 1.36. The molecular weight excluding hydrogens is 506 g/mol. The van der Waals surface area contributed by atoms with E-state index in [1.54, 1.807) is 54.6 Å². The summed E-state index contributed by atoms with van der Waals surface area (Å²) in [7, 11) is 1.51. The van der Waals surface area contributed by atoms with Crippen LogP contribution in [0.25, 0.3) is 6.08 Å². The Labute approximate surface area is 211 Å². The van der Waals surface area contributed by atoms with Crippen molar-refractivity contribution < 1.29 is 14.3 Å². The van der Waals surface area contributed by atoms with E-state index in [0.717, 1.165) is 5.56 Å². The lowest BCUT2D eigenvalue weighted by molar-refractivity contribution is -0.112. The molecule has 0 atom stereocenters. The van der Waals surface area contributed by atoms with Crippen molar-refractivity contribution in [1.29, 1.82) is 5.26 Å². The highest BCUT2D eigenvalue weighted by atomic mass is 35.5. The molecule has 0 aliphatic rings. The Kier molecular flexibility index (Phi) is 8.49. The van der Waals surface area contributed by atoms with Gasteiger partial charge in [-0.25, -0.2) is 0 Å². The van der Waals surface area contributed by atoms with Gasteiger partial charge in [0.05, 0.1) is 22.8 Å². The molecule has 3 aromatic carbocycles. The maximum atomic E-state index is 12.6. The van der Waals surface area contributed by atoms with Gasteiger partial charge < -0.3 is 14.8 Å². The Morgan fingerprint density at radius 3 is 2.36 bits per heavy atom. The zero-order valence-corrected chi connectivity index (χ0v) is 20.2. The lowest BCUT2D eigenvalue weighted by atomic mass is 10.1.